The second kappa shape index (κ2) is 7.07. The summed E-state index contributed by atoms with van der Waals surface area (Å²) in [5, 5.41) is 5.50. The third-order valence-electron chi connectivity index (χ3n) is 4.98. The van der Waals surface area contributed by atoms with Crippen LogP contribution in [0.1, 0.15) is 62.2 Å². The van der Waals surface area contributed by atoms with E-state index in [0.29, 0.717) is 28.7 Å². The van der Waals surface area contributed by atoms with Gasteiger partial charge in [0, 0.05) is 17.0 Å². The second-order valence-corrected chi connectivity index (χ2v) is 7.63. The zero-order chi connectivity index (χ0) is 16.5. The molecule has 2 aliphatic rings. The van der Waals surface area contributed by atoms with Crippen LogP contribution in [0.15, 0.2) is 22.7 Å². The second-order valence-electron chi connectivity index (χ2n) is 6.82. The Morgan fingerprint density at radius 1 is 1.04 bits per heavy atom. The molecule has 3 nitrogen and oxygen atoms in total. The minimum atomic E-state index is 0.343. The smallest absolute Gasteiger partial charge is 0.145 e. The predicted molar refractivity (Wildman–Crippen MR) is 95.6 cm³/mol. The minimum absolute atomic E-state index is 0.343. The lowest BCUT2D eigenvalue weighted by molar-refractivity contribution is 0.0164. The Morgan fingerprint density at radius 3 is 2.42 bits per heavy atom. The number of nitrogens with zero attached hydrogens (tertiary/aromatic N) is 1. The van der Waals surface area contributed by atoms with Crippen LogP contribution < -0.4 is 0 Å². The standard InChI is InChI=1S/C19H21Cl2NO2/c20-15-7-4-8-16(21)17(15)18-14(19(24-22-18)12-9-10-12)11-23-13-5-2-1-3-6-13/h4,7-8,12-13H,1-3,5-6,9-11H2. The van der Waals surface area contributed by atoms with Crippen LogP contribution in [0.25, 0.3) is 11.3 Å². The first-order valence-corrected chi connectivity index (χ1v) is 9.54. The van der Waals surface area contributed by atoms with E-state index in [-0.39, 0.29) is 0 Å². The normalized spacial score (nSPS) is 18.9. The lowest BCUT2D eigenvalue weighted by Crippen LogP contribution is -2.16. The highest BCUT2D eigenvalue weighted by Crippen LogP contribution is 2.46. The van der Waals surface area contributed by atoms with E-state index in [9.17, 15) is 0 Å². The minimum Gasteiger partial charge on any atom is -0.373 e. The zero-order valence-electron chi connectivity index (χ0n) is 13.6. The summed E-state index contributed by atoms with van der Waals surface area (Å²) in [4.78, 5) is 0. The molecule has 24 heavy (non-hydrogen) atoms. The molecule has 0 atom stereocenters. The molecular formula is C19H21Cl2NO2. The van der Waals surface area contributed by atoms with Gasteiger partial charge in [-0.15, -0.1) is 0 Å². The summed E-state index contributed by atoms with van der Waals surface area (Å²) >= 11 is 12.8. The van der Waals surface area contributed by atoms with E-state index in [1.54, 1.807) is 0 Å². The van der Waals surface area contributed by atoms with Crippen molar-refractivity contribution in [3.63, 3.8) is 0 Å². The molecule has 2 fully saturated rings. The average molecular weight is 366 g/mol. The first-order chi connectivity index (χ1) is 11.7. The van der Waals surface area contributed by atoms with Crippen molar-refractivity contribution in [1.82, 2.24) is 5.16 Å². The number of hydrogen-bond donors (Lipinski definition) is 0. The first kappa shape index (κ1) is 16.4. The molecule has 1 aromatic carbocycles. The third kappa shape index (κ3) is 3.35. The summed E-state index contributed by atoms with van der Waals surface area (Å²) in [7, 11) is 0. The molecule has 0 radical (unpaired) electrons. The van der Waals surface area contributed by atoms with E-state index in [2.05, 4.69) is 5.16 Å². The maximum absolute atomic E-state index is 6.38. The van der Waals surface area contributed by atoms with Gasteiger partial charge < -0.3 is 9.26 Å². The van der Waals surface area contributed by atoms with Crippen LogP contribution in [0.5, 0.6) is 0 Å². The fraction of sp³-hybridized carbons (Fsp3) is 0.526. The van der Waals surface area contributed by atoms with Crippen molar-refractivity contribution < 1.29 is 9.26 Å². The first-order valence-electron chi connectivity index (χ1n) is 8.78. The number of aromatic nitrogens is 1. The summed E-state index contributed by atoms with van der Waals surface area (Å²) in [5.41, 5.74) is 2.51. The highest BCUT2D eigenvalue weighted by Gasteiger charge is 2.33. The number of halogens is 2. The van der Waals surface area contributed by atoms with Gasteiger partial charge in [-0.1, -0.05) is 53.7 Å². The van der Waals surface area contributed by atoms with Crippen molar-refractivity contribution >= 4 is 23.2 Å². The number of hydrogen-bond acceptors (Lipinski definition) is 3. The third-order valence-corrected chi connectivity index (χ3v) is 5.61. The summed E-state index contributed by atoms with van der Waals surface area (Å²) in [5.74, 6) is 1.43. The fourth-order valence-electron chi connectivity index (χ4n) is 3.48. The Labute approximate surface area is 152 Å². The van der Waals surface area contributed by atoms with Crippen molar-refractivity contribution in [3.05, 3.63) is 39.6 Å². The Morgan fingerprint density at radius 2 is 1.75 bits per heavy atom. The van der Waals surface area contributed by atoms with Gasteiger partial charge in [0.15, 0.2) is 0 Å². The molecular weight excluding hydrogens is 345 g/mol. The van der Waals surface area contributed by atoms with Gasteiger partial charge in [0.25, 0.3) is 0 Å². The Kier molecular flexibility index (Phi) is 4.84. The van der Waals surface area contributed by atoms with E-state index in [4.69, 9.17) is 32.5 Å². The molecule has 2 aromatic rings. The topological polar surface area (TPSA) is 35.3 Å². The number of benzene rings is 1. The highest BCUT2D eigenvalue weighted by molar-refractivity contribution is 6.39. The largest absolute Gasteiger partial charge is 0.373 e. The van der Waals surface area contributed by atoms with Crippen LogP contribution in [-0.4, -0.2) is 11.3 Å². The van der Waals surface area contributed by atoms with Crippen molar-refractivity contribution in [2.24, 2.45) is 0 Å². The molecule has 1 aromatic heterocycles. The summed E-state index contributed by atoms with van der Waals surface area (Å²) < 4.78 is 11.9. The molecule has 0 unspecified atom stereocenters. The molecule has 0 saturated heterocycles. The van der Waals surface area contributed by atoms with Crippen molar-refractivity contribution in [1.29, 1.82) is 0 Å². The Balaban J connectivity index is 1.64. The molecule has 0 bridgehead atoms. The van der Waals surface area contributed by atoms with E-state index in [1.807, 2.05) is 18.2 Å². The van der Waals surface area contributed by atoms with Crippen LogP contribution in [0, 0.1) is 0 Å². The van der Waals surface area contributed by atoms with Crippen LogP contribution >= 0.6 is 23.2 Å². The Bertz CT molecular complexity index is 698. The summed E-state index contributed by atoms with van der Waals surface area (Å²) in [6.07, 6.45) is 8.78. The molecule has 0 amide bonds. The van der Waals surface area contributed by atoms with Crippen LogP contribution in [0.3, 0.4) is 0 Å². The van der Waals surface area contributed by atoms with Gasteiger partial charge in [-0.05, 0) is 37.8 Å². The molecule has 2 saturated carbocycles. The summed E-state index contributed by atoms with van der Waals surface area (Å²) in [6.45, 7) is 0.525. The van der Waals surface area contributed by atoms with Gasteiger partial charge in [-0.25, -0.2) is 0 Å². The van der Waals surface area contributed by atoms with Crippen LogP contribution in [-0.2, 0) is 11.3 Å². The molecule has 128 valence electrons. The SMILES string of the molecule is Clc1cccc(Cl)c1-c1noc(C2CC2)c1COC1CCCCC1. The van der Waals surface area contributed by atoms with Crippen molar-refractivity contribution in [3.8, 4) is 11.3 Å². The molecule has 0 spiro atoms. The highest BCUT2D eigenvalue weighted by atomic mass is 35.5. The number of ether oxygens (including phenoxy) is 1. The van der Waals surface area contributed by atoms with E-state index in [0.717, 1.165) is 48.3 Å². The van der Waals surface area contributed by atoms with Gasteiger partial charge >= 0.3 is 0 Å². The van der Waals surface area contributed by atoms with E-state index >= 15 is 0 Å². The maximum Gasteiger partial charge on any atom is 0.145 e. The van der Waals surface area contributed by atoms with E-state index < -0.39 is 0 Å². The predicted octanol–water partition coefficient (Wildman–Crippen LogP) is 6.38. The average Bonchev–Trinajstić information content (AvgIpc) is 3.35. The van der Waals surface area contributed by atoms with Gasteiger partial charge in [-0.3, -0.25) is 0 Å². The lowest BCUT2D eigenvalue weighted by Gasteiger charge is -2.22. The summed E-state index contributed by atoms with van der Waals surface area (Å²) in [6, 6.07) is 5.51. The molecule has 0 N–H and O–H groups in total. The quantitative estimate of drug-likeness (QED) is 0.616. The van der Waals surface area contributed by atoms with Gasteiger partial charge in [-0.2, -0.15) is 0 Å². The van der Waals surface area contributed by atoms with Crippen LogP contribution in [0.2, 0.25) is 10.0 Å². The van der Waals surface area contributed by atoms with Gasteiger partial charge in [0.1, 0.15) is 11.5 Å². The van der Waals surface area contributed by atoms with Gasteiger partial charge in [0.05, 0.1) is 22.8 Å². The van der Waals surface area contributed by atoms with Crippen LogP contribution in [0.4, 0.5) is 0 Å². The molecule has 2 aliphatic carbocycles. The van der Waals surface area contributed by atoms with Crippen molar-refractivity contribution in [2.75, 3.05) is 0 Å². The molecule has 0 aliphatic heterocycles. The number of rotatable bonds is 5. The van der Waals surface area contributed by atoms with Crippen molar-refractivity contribution in [2.45, 2.75) is 63.6 Å². The fourth-order valence-corrected chi connectivity index (χ4v) is 4.06. The molecule has 1 heterocycles. The molecule has 4 rings (SSSR count). The zero-order valence-corrected chi connectivity index (χ0v) is 15.1. The maximum atomic E-state index is 6.38. The van der Waals surface area contributed by atoms with Gasteiger partial charge in [0.2, 0.25) is 0 Å². The Hall–Kier alpha value is -1.03. The van der Waals surface area contributed by atoms with E-state index in [1.165, 1.54) is 19.3 Å². The monoisotopic (exact) mass is 365 g/mol. The lowest BCUT2D eigenvalue weighted by atomic mass is 9.97. The molecule has 5 heteroatoms.